The van der Waals surface area contributed by atoms with Gasteiger partial charge in [0.05, 0.1) is 16.1 Å². The Morgan fingerprint density at radius 1 is 0.969 bits per heavy atom. The van der Waals surface area contributed by atoms with Gasteiger partial charge in [0.2, 0.25) is 5.56 Å². The smallest absolute Gasteiger partial charge is 0.261 e. The number of fused-ring (bicyclic) bond motifs is 1. The average Bonchev–Trinajstić information content (AvgIpc) is 2.76. The topological polar surface area (TPSA) is 128 Å². The number of hydrogen-bond acceptors (Lipinski definition) is 5. The zero-order chi connectivity index (χ0) is 22.9. The summed E-state index contributed by atoms with van der Waals surface area (Å²) in [5.74, 6) is -1.38. The normalized spacial score (nSPS) is 11.3. The molecule has 0 fully saturated rings. The number of sulfonamides is 1. The molecule has 1 amide bonds. The van der Waals surface area contributed by atoms with Crippen molar-refractivity contribution in [3.63, 3.8) is 0 Å². The van der Waals surface area contributed by atoms with Crippen molar-refractivity contribution in [3.8, 4) is 5.75 Å². The highest BCUT2D eigenvalue weighted by atomic mass is 32.2. The van der Waals surface area contributed by atoms with Crippen molar-refractivity contribution < 1.29 is 22.7 Å². The van der Waals surface area contributed by atoms with E-state index in [4.69, 9.17) is 0 Å². The number of H-pyrrole nitrogens is 1. The first-order valence-electron chi connectivity index (χ1n) is 9.28. The molecule has 0 atom stereocenters. The molecule has 4 N–H and O–H groups in total. The van der Waals surface area contributed by atoms with Gasteiger partial charge >= 0.3 is 0 Å². The van der Waals surface area contributed by atoms with Gasteiger partial charge in [-0.15, -0.1) is 0 Å². The molecule has 32 heavy (non-hydrogen) atoms. The van der Waals surface area contributed by atoms with Crippen LogP contribution >= 0.6 is 0 Å². The molecule has 4 rings (SSSR count). The number of pyridine rings is 1. The lowest BCUT2D eigenvalue weighted by Gasteiger charge is -2.12. The van der Waals surface area contributed by atoms with Gasteiger partial charge in [-0.3, -0.25) is 14.3 Å². The van der Waals surface area contributed by atoms with E-state index in [0.717, 1.165) is 18.2 Å². The number of amides is 1. The van der Waals surface area contributed by atoms with Crippen molar-refractivity contribution >= 4 is 38.2 Å². The van der Waals surface area contributed by atoms with Crippen molar-refractivity contribution in [1.29, 1.82) is 0 Å². The second kappa shape index (κ2) is 8.16. The van der Waals surface area contributed by atoms with E-state index in [1.165, 1.54) is 42.5 Å². The van der Waals surface area contributed by atoms with E-state index in [1.807, 2.05) is 0 Å². The highest BCUT2D eigenvalue weighted by molar-refractivity contribution is 7.92. The molecule has 162 valence electrons. The number of hydrogen-bond donors (Lipinski definition) is 4. The van der Waals surface area contributed by atoms with Crippen LogP contribution < -0.4 is 15.6 Å². The van der Waals surface area contributed by atoms with Crippen LogP contribution in [-0.2, 0) is 10.0 Å². The van der Waals surface area contributed by atoms with Crippen molar-refractivity contribution in [2.24, 2.45) is 0 Å². The molecule has 1 heterocycles. The van der Waals surface area contributed by atoms with Crippen LogP contribution in [0, 0.1) is 5.82 Å². The van der Waals surface area contributed by atoms with Gasteiger partial charge in [0.15, 0.2) is 0 Å². The minimum atomic E-state index is -4.07. The number of para-hydroxylation sites is 2. The molecule has 0 aliphatic rings. The van der Waals surface area contributed by atoms with Gasteiger partial charge in [0, 0.05) is 22.7 Å². The first-order chi connectivity index (χ1) is 15.2. The van der Waals surface area contributed by atoms with Crippen molar-refractivity contribution in [2.45, 2.75) is 4.90 Å². The van der Waals surface area contributed by atoms with Gasteiger partial charge < -0.3 is 15.4 Å². The van der Waals surface area contributed by atoms with E-state index in [2.05, 4.69) is 15.0 Å². The fourth-order valence-electron chi connectivity index (χ4n) is 3.09. The van der Waals surface area contributed by atoms with Crippen LogP contribution in [0.2, 0.25) is 0 Å². The van der Waals surface area contributed by atoms with Crippen LogP contribution in [0.15, 0.2) is 82.5 Å². The molecule has 10 heteroatoms. The van der Waals surface area contributed by atoms with Crippen LogP contribution in [0.25, 0.3) is 10.9 Å². The predicted octanol–water partition coefficient (Wildman–Crippen LogP) is 3.43. The number of carbonyl (C=O) groups excluding carboxylic acids is 1. The summed E-state index contributed by atoms with van der Waals surface area (Å²) < 4.78 is 41.0. The summed E-state index contributed by atoms with van der Waals surface area (Å²) in [6.07, 6.45) is 0. The Morgan fingerprint density at radius 3 is 2.41 bits per heavy atom. The predicted molar refractivity (Wildman–Crippen MR) is 118 cm³/mol. The van der Waals surface area contributed by atoms with E-state index >= 15 is 0 Å². The lowest BCUT2D eigenvalue weighted by Crippen LogP contribution is -2.18. The van der Waals surface area contributed by atoms with E-state index < -0.39 is 27.3 Å². The number of halogens is 1. The van der Waals surface area contributed by atoms with E-state index in [9.17, 15) is 27.5 Å². The second-order valence-electron chi connectivity index (χ2n) is 6.84. The maximum Gasteiger partial charge on any atom is 0.261 e. The molecule has 3 aromatic carbocycles. The summed E-state index contributed by atoms with van der Waals surface area (Å²) in [6, 6.07) is 15.8. The molecule has 0 unspecified atom stereocenters. The monoisotopic (exact) mass is 453 g/mol. The number of aromatic nitrogens is 1. The summed E-state index contributed by atoms with van der Waals surface area (Å²) in [6.45, 7) is 0. The minimum Gasteiger partial charge on any atom is -0.506 e. The maximum atomic E-state index is 13.1. The van der Waals surface area contributed by atoms with Crippen molar-refractivity contribution in [2.75, 3.05) is 10.0 Å². The molecule has 0 saturated carbocycles. The zero-order valence-electron chi connectivity index (χ0n) is 16.3. The molecule has 0 spiro atoms. The number of nitrogens with one attached hydrogen (secondary N) is 3. The lowest BCUT2D eigenvalue weighted by molar-refractivity contribution is 0.102. The Kier molecular flexibility index (Phi) is 5.37. The molecule has 0 saturated heterocycles. The van der Waals surface area contributed by atoms with Gasteiger partial charge in [0.1, 0.15) is 11.6 Å². The SMILES string of the molecule is O=C(Nc1ccccc1O)c1cc(=O)[nH]c2ccc(S(=O)(=O)Nc3ccc(F)cc3)cc12. The van der Waals surface area contributed by atoms with Gasteiger partial charge in [0.25, 0.3) is 15.9 Å². The molecule has 0 bridgehead atoms. The van der Waals surface area contributed by atoms with E-state index in [-0.39, 0.29) is 38.5 Å². The average molecular weight is 453 g/mol. The highest BCUT2D eigenvalue weighted by Gasteiger charge is 2.19. The molecule has 1 aromatic heterocycles. The number of carbonyl (C=O) groups is 1. The third-order valence-corrected chi connectivity index (χ3v) is 6.00. The Labute approximate surface area is 181 Å². The first kappa shape index (κ1) is 21.1. The summed E-state index contributed by atoms with van der Waals surface area (Å²) in [4.78, 5) is 27.3. The third-order valence-electron chi connectivity index (χ3n) is 4.62. The summed E-state index contributed by atoms with van der Waals surface area (Å²) in [5.41, 5.74) is -0.0929. The van der Waals surface area contributed by atoms with Crippen LogP contribution in [-0.4, -0.2) is 24.4 Å². The van der Waals surface area contributed by atoms with Crippen molar-refractivity contribution in [3.05, 3.63) is 94.5 Å². The first-order valence-corrected chi connectivity index (χ1v) is 10.8. The number of aromatic hydroxyl groups is 1. The highest BCUT2D eigenvalue weighted by Crippen LogP contribution is 2.25. The Morgan fingerprint density at radius 2 is 1.69 bits per heavy atom. The maximum absolute atomic E-state index is 13.1. The largest absolute Gasteiger partial charge is 0.506 e. The number of benzene rings is 3. The van der Waals surface area contributed by atoms with Gasteiger partial charge in [-0.1, -0.05) is 12.1 Å². The van der Waals surface area contributed by atoms with Crippen molar-refractivity contribution in [1.82, 2.24) is 4.98 Å². The molecule has 0 radical (unpaired) electrons. The lowest BCUT2D eigenvalue weighted by atomic mass is 10.1. The van der Waals surface area contributed by atoms with Crippen LogP contribution in [0.4, 0.5) is 15.8 Å². The molecular weight excluding hydrogens is 437 g/mol. The molecule has 0 aliphatic carbocycles. The number of phenolic OH excluding ortho intramolecular Hbond substituents is 1. The molecule has 0 aliphatic heterocycles. The minimum absolute atomic E-state index is 0.0779. The van der Waals surface area contributed by atoms with Gasteiger partial charge in [-0.05, 0) is 54.6 Å². The number of phenols is 1. The Bertz CT molecular complexity index is 1500. The number of aromatic amines is 1. The van der Waals surface area contributed by atoms with Crippen LogP contribution in [0.1, 0.15) is 10.4 Å². The molecule has 8 nitrogen and oxygen atoms in total. The fraction of sp³-hybridized carbons (Fsp3) is 0. The third kappa shape index (κ3) is 4.30. The van der Waals surface area contributed by atoms with Crippen LogP contribution in [0.5, 0.6) is 5.75 Å². The van der Waals surface area contributed by atoms with Gasteiger partial charge in [-0.2, -0.15) is 0 Å². The number of anilines is 2. The second-order valence-corrected chi connectivity index (χ2v) is 8.52. The van der Waals surface area contributed by atoms with E-state index in [0.29, 0.717) is 0 Å². The zero-order valence-corrected chi connectivity index (χ0v) is 17.1. The Balaban J connectivity index is 1.75. The molecular formula is C22H16FN3O5S. The summed E-state index contributed by atoms with van der Waals surface area (Å²) in [7, 11) is -4.07. The van der Waals surface area contributed by atoms with E-state index in [1.54, 1.807) is 12.1 Å². The van der Waals surface area contributed by atoms with Gasteiger partial charge in [-0.25, -0.2) is 12.8 Å². The quantitative estimate of drug-likeness (QED) is 0.344. The summed E-state index contributed by atoms with van der Waals surface area (Å²) in [5, 5.41) is 12.6. The molecule has 4 aromatic rings. The fourth-order valence-corrected chi connectivity index (χ4v) is 4.17. The Hall–Kier alpha value is -4.18. The number of rotatable bonds is 5. The van der Waals surface area contributed by atoms with Crippen LogP contribution in [0.3, 0.4) is 0 Å². The summed E-state index contributed by atoms with van der Waals surface area (Å²) >= 11 is 0. The standard InChI is InChI=1S/C22H16FN3O5S/c23-13-5-7-14(8-6-13)26-32(30,31)15-9-10-18-16(11-15)17(12-21(28)24-18)22(29)25-19-3-1-2-4-20(19)27/h1-12,26-27H,(H,24,28)(H,25,29).